The van der Waals surface area contributed by atoms with Crippen LogP contribution in [0.3, 0.4) is 0 Å². The number of aromatic nitrogens is 2. The maximum absolute atomic E-state index is 13.4. The number of carbonyl (C=O) groups excluding carboxylic acids is 1. The van der Waals surface area contributed by atoms with E-state index in [2.05, 4.69) is 0 Å². The summed E-state index contributed by atoms with van der Waals surface area (Å²) in [7, 11) is 0. The third-order valence-electron chi connectivity index (χ3n) is 5.01. The van der Waals surface area contributed by atoms with E-state index < -0.39 is 5.91 Å². The van der Waals surface area contributed by atoms with Crippen LogP contribution in [0.25, 0.3) is 16.6 Å². The average Bonchev–Trinajstić information content (AvgIpc) is 2.74. The molecular weight excluding hydrogens is 394 g/mol. The van der Waals surface area contributed by atoms with Crippen LogP contribution >= 0.6 is 11.8 Å². The molecule has 3 aromatic carbocycles. The molecule has 0 aliphatic rings. The van der Waals surface area contributed by atoms with Gasteiger partial charge in [-0.2, -0.15) is 0 Å². The zero-order chi connectivity index (χ0) is 21.3. The summed E-state index contributed by atoms with van der Waals surface area (Å²) in [4.78, 5) is 29.5. The maximum Gasteiger partial charge on any atom is 0.266 e. The fraction of sp³-hybridized carbons (Fsp3) is 0.125. The molecule has 0 aliphatic carbocycles. The highest BCUT2D eigenvalue weighted by Gasteiger charge is 2.16. The number of benzene rings is 3. The van der Waals surface area contributed by atoms with Crippen molar-refractivity contribution in [3.8, 4) is 5.69 Å². The van der Waals surface area contributed by atoms with E-state index in [1.54, 1.807) is 16.7 Å². The topological polar surface area (TPSA) is 78.0 Å². The number of hydrogen-bond acceptors (Lipinski definition) is 4. The van der Waals surface area contributed by atoms with Gasteiger partial charge in [0.15, 0.2) is 5.16 Å². The van der Waals surface area contributed by atoms with Gasteiger partial charge in [0.05, 0.1) is 16.6 Å². The van der Waals surface area contributed by atoms with Crippen LogP contribution < -0.4 is 11.3 Å². The largest absolute Gasteiger partial charge is 0.366 e. The quantitative estimate of drug-likeness (QED) is 0.387. The molecule has 30 heavy (non-hydrogen) atoms. The van der Waals surface area contributed by atoms with Gasteiger partial charge in [-0.05, 0) is 54.8 Å². The van der Waals surface area contributed by atoms with Crippen LogP contribution in [0.5, 0.6) is 0 Å². The first-order chi connectivity index (χ1) is 14.5. The molecule has 6 heteroatoms. The third kappa shape index (κ3) is 3.74. The van der Waals surface area contributed by atoms with E-state index in [-0.39, 0.29) is 5.56 Å². The molecule has 0 aliphatic heterocycles. The third-order valence-corrected chi connectivity index (χ3v) is 6.02. The lowest BCUT2D eigenvalue weighted by Gasteiger charge is -2.17. The Kier molecular flexibility index (Phi) is 5.42. The molecule has 0 saturated heterocycles. The zero-order valence-corrected chi connectivity index (χ0v) is 17.6. The maximum atomic E-state index is 13.4. The Hall–Kier alpha value is -3.38. The van der Waals surface area contributed by atoms with Crippen molar-refractivity contribution in [1.29, 1.82) is 0 Å². The highest BCUT2D eigenvalue weighted by Crippen LogP contribution is 2.27. The van der Waals surface area contributed by atoms with Gasteiger partial charge in [0.25, 0.3) is 5.56 Å². The van der Waals surface area contributed by atoms with Crippen LogP contribution in [-0.4, -0.2) is 15.5 Å². The first-order valence-corrected chi connectivity index (χ1v) is 10.5. The highest BCUT2D eigenvalue weighted by molar-refractivity contribution is 7.98. The van der Waals surface area contributed by atoms with E-state index in [1.165, 1.54) is 11.8 Å². The van der Waals surface area contributed by atoms with Crippen molar-refractivity contribution < 1.29 is 4.79 Å². The summed E-state index contributed by atoms with van der Waals surface area (Å²) in [5, 5.41) is 1.23. The Labute approximate surface area is 178 Å². The molecule has 0 bridgehead atoms. The molecule has 5 nitrogen and oxygen atoms in total. The molecule has 0 unspecified atom stereocenters. The minimum Gasteiger partial charge on any atom is -0.366 e. The Bertz CT molecular complexity index is 1290. The molecule has 0 saturated carbocycles. The summed E-state index contributed by atoms with van der Waals surface area (Å²) in [5.74, 6) is 0.156. The number of carbonyl (C=O) groups is 1. The number of thioether (sulfide) groups is 1. The molecule has 2 N–H and O–H groups in total. The molecule has 1 aromatic heterocycles. The van der Waals surface area contributed by atoms with E-state index in [1.807, 2.05) is 68.4 Å². The summed E-state index contributed by atoms with van der Waals surface area (Å²) in [6, 6.07) is 20.6. The van der Waals surface area contributed by atoms with Gasteiger partial charge in [0, 0.05) is 11.3 Å². The van der Waals surface area contributed by atoms with Crippen LogP contribution in [0, 0.1) is 13.8 Å². The number of primary amides is 1. The number of nitrogens with zero attached hydrogens (tertiary/aromatic N) is 2. The van der Waals surface area contributed by atoms with Gasteiger partial charge in [-0.25, -0.2) is 4.98 Å². The minimum absolute atomic E-state index is 0.0791. The Morgan fingerprint density at radius 2 is 1.63 bits per heavy atom. The fourth-order valence-corrected chi connectivity index (χ4v) is 4.43. The number of aryl methyl sites for hydroxylation is 2. The number of amides is 1. The monoisotopic (exact) mass is 415 g/mol. The Balaban J connectivity index is 1.82. The van der Waals surface area contributed by atoms with Gasteiger partial charge in [-0.1, -0.05) is 54.2 Å². The van der Waals surface area contributed by atoms with Crippen LogP contribution in [0.15, 0.2) is 76.7 Å². The van der Waals surface area contributed by atoms with Crippen molar-refractivity contribution in [1.82, 2.24) is 9.55 Å². The Morgan fingerprint density at radius 3 is 2.30 bits per heavy atom. The SMILES string of the molecule is Cc1cccc(C)c1-n1c(SCc2ccc(C(N)=O)cc2)nc2ccccc2c1=O. The van der Waals surface area contributed by atoms with Gasteiger partial charge in [0.1, 0.15) is 0 Å². The van der Waals surface area contributed by atoms with Crippen molar-refractivity contribution >= 4 is 28.6 Å². The van der Waals surface area contributed by atoms with Crippen molar-refractivity contribution in [2.75, 3.05) is 0 Å². The summed E-state index contributed by atoms with van der Waals surface area (Å²) in [6.07, 6.45) is 0. The molecule has 4 aromatic rings. The summed E-state index contributed by atoms with van der Waals surface area (Å²) in [5.41, 5.74) is 10.3. The number of nitrogens with two attached hydrogens (primary N) is 1. The number of para-hydroxylation sites is 2. The predicted octanol–water partition coefficient (Wildman–Crippen LogP) is 4.39. The van der Waals surface area contributed by atoms with E-state index in [9.17, 15) is 9.59 Å². The minimum atomic E-state index is -0.450. The second-order valence-electron chi connectivity index (χ2n) is 7.14. The van der Waals surface area contributed by atoms with E-state index in [0.29, 0.717) is 27.4 Å². The van der Waals surface area contributed by atoms with Gasteiger partial charge < -0.3 is 5.73 Å². The number of hydrogen-bond donors (Lipinski definition) is 1. The first kappa shape index (κ1) is 19.9. The lowest BCUT2D eigenvalue weighted by molar-refractivity contribution is 0.100. The van der Waals surface area contributed by atoms with E-state index in [0.717, 1.165) is 22.4 Å². The van der Waals surface area contributed by atoms with Crippen molar-refractivity contribution in [2.45, 2.75) is 24.8 Å². The second kappa shape index (κ2) is 8.16. The summed E-state index contributed by atoms with van der Waals surface area (Å²) >= 11 is 1.49. The van der Waals surface area contributed by atoms with E-state index >= 15 is 0 Å². The first-order valence-electron chi connectivity index (χ1n) is 9.55. The standard InChI is InChI=1S/C24H21N3O2S/c1-15-6-5-7-16(2)21(15)27-23(29)19-8-3-4-9-20(19)26-24(27)30-14-17-10-12-18(13-11-17)22(25)28/h3-13H,14H2,1-2H3,(H2,25,28). The number of fused-ring (bicyclic) bond motifs is 1. The lowest BCUT2D eigenvalue weighted by atomic mass is 10.1. The van der Waals surface area contributed by atoms with Crippen LogP contribution in [0.2, 0.25) is 0 Å². The second-order valence-corrected chi connectivity index (χ2v) is 8.08. The van der Waals surface area contributed by atoms with Gasteiger partial charge >= 0.3 is 0 Å². The fourth-order valence-electron chi connectivity index (χ4n) is 3.48. The zero-order valence-electron chi connectivity index (χ0n) is 16.8. The van der Waals surface area contributed by atoms with Crippen LogP contribution in [0.1, 0.15) is 27.0 Å². The smallest absolute Gasteiger partial charge is 0.266 e. The molecule has 0 radical (unpaired) electrons. The highest BCUT2D eigenvalue weighted by atomic mass is 32.2. The molecule has 0 spiro atoms. The number of rotatable bonds is 5. The van der Waals surface area contributed by atoms with Crippen LogP contribution in [0.4, 0.5) is 0 Å². The molecule has 1 amide bonds. The van der Waals surface area contributed by atoms with Crippen molar-refractivity contribution in [3.05, 3.63) is 99.3 Å². The van der Waals surface area contributed by atoms with Crippen molar-refractivity contribution in [2.24, 2.45) is 5.73 Å². The summed E-state index contributed by atoms with van der Waals surface area (Å²) < 4.78 is 1.72. The normalized spacial score (nSPS) is 11.0. The van der Waals surface area contributed by atoms with Gasteiger partial charge in [0.2, 0.25) is 5.91 Å². The molecular formula is C24H21N3O2S. The molecule has 150 valence electrons. The van der Waals surface area contributed by atoms with Gasteiger partial charge in [-0.3, -0.25) is 14.2 Å². The van der Waals surface area contributed by atoms with Crippen molar-refractivity contribution in [3.63, 3.8) is 0 Å². The molecule has 1 heterocycles. The molecule has 0 atom stereocenters. The predicted molar refractivity (Wildman–Crippen MR) is 121 cm³/mol. The lowest BCUT2D eigenvalue weighted by Crippen LogP contribution is -2.23. The molecule has 4 rings (SSSR count). The molecule has 0 fully saturated rings. The van der Waals surface area contributed by atoms with Crippen LogP contribution in [-0.2, 0) is 5.75 Å². The van der Waals surface area contributed by atoms with Gasteiger partial charge in [-0.15, -0.1) is 0 Å². The Morgan fingerprint density at radius 1 is 0.967 bits per heavy atom. The van der Waals surface area contributed by atoms with E-state index in [4.69, 9.17) is 10.7 Å². The average molecular weight is 416 g/mol. The summed E-state index contributed by atoms with van der Waals surface area (Å²) in [6.45, 7) is 4.00.